The fourth-order valence-corrected chi connectivity index (χ4v) is 2.16. The van der Waals surface area contributed by atoms with E-state index >= 15 is 0 Å². The molecule has 5 heteroatoms. The van der Waals surface area contributed by atoms with Crippen LogP contribution in [0.2, 0.25) is 0 Å². The highest BCUT2D eigenvalue weighted by Gasteiger charge is 2.10. The van der Waals surface area contributed by atoms with Crippen molar-refractivity contribution in [2.75, 3.05) is 13.8 Å². The molecule has 84 valence electrons. The molecule has 16 heavy (non-hydrogen) atoms. The van der Waals surface area contributed by atoms with Gasteiger partial charge in [0.05, 0.1) is 15.3 Å². The fraction of sp³-hybridized carbons (Fsp3) is 0.182. The number of carbonyl (C=O) groups excluding carboxylic acids is 1. The summed E-state index contributed by atoms with van der Waals surface area (Å²) in [6, 6.07) is 7.31. The van der Waals surface area contributed by atoms with Crippen LogP contribution in [0.1, 0.15) is 10.5 Å². The number of H-pyrrole nitrogens is 1. The summed E-state index contributed by atoms with van der Waals surface area (Å²) in [6.07, 6.45) is 0. The molecule has 2 rings (SSSR count). The van der Waals surface area contributed by atoms with Crippen molar-refractivity contribution in [3.8, 4) is 0 Å². The first-order valence-corrected chi connectivity index (χ1v) is 6.49. The van der Waals surface area contributed by atoms with Gasteiger partial charge in [-0.2, -0.15) is 0 Å². The van der Waals surface area contributed by atoms with Gasteiger partial charge in [0, 0.05) is 16.2 Å². The number of hydrogen-bond donors (Lipinski definition) is 2. The second kappa shape index (κ2) is 4.24. The summed E-state index contributed by atoms with van der Waals surface area (Å²) in [5.74, 6) is -0.388. The molecule has 0 aliphatic heterocycles. The highest BCUT2D eigenvalue weighted by molar-refractivity contribution is 7.59. The summed E-state index contributed by atoms with van der Waals surface area (Å²) in [7, 11) is 0.237. The minimum Gasteiger partial charge on any atom is -0.464 e. The molecule has 0 saturated heterocycles. The molecule has 0 saturated carbocycles. The molecule has 1 atom stereocenters. The largest absolute Gasteiger partial charge is 0.464 e. The van der Waals surface area contributed by atoms with Crippen molar-refractivity contribution in [1.29, 1.82) is 0 Å². The van der Waals surface area contributed by atoms with Gasteiger partial charge in [0.2, 0.25) is 0 Å². The lowest BCUT2D eigenvalue weighted by atomic mass is 10.2. The third-order valence-corrected chi connectivity index (χ3v) is 3.41. The zero-order chi connectivity index (χ0) is 11.7. The summed E-state index contributed by atoms with van der Waals surface area (Å²) < 4.78 is 4.63. The monoisotopic (exact) mass is 237 g/mol. The van der Waals surface area contributed by atoms with Crippen molar-refractivity contribution in [2.45, 2.75) is 0 Å². The van der Waals surface area contributed by atoms with Gasteiger partial charge < -0.3 is 14.6 Å². The van der Waals surface area contributed by atoms with Gasteiger partial charge >= 0.3 is 5.97 Å². The molecular formula is C11H12NO3P. The van der Waals surface area contributed by atoms with Gasteiger partial charge in [-0.15, -0.1) is 0 Å². The molecule has 2 aromatic rings. The maximum atomic E-state index is 11.3. The molecule has 2 N–H and O–H groups in total. The molecule has 1 unspecified atom stereocenters. The van der Waals surface area contributed by atoms with E-state index in [4.69, 9.17) is 0 Å². The Hall–Kier alpha value is -1.38. The van der Waals surface area contributed by atoms with E-state index in [-0.39, 0.29) is 5.97 Å². The summed E-state index contributed by atoms with van der Waals surface area (Å²) in [6.45, 7) is 1.77. The van der Waals surface area contributed by atoms with E-state index < -0.39 is 8.15 Å². The first kappa shape index (κ1) is 11.1. The second-order valence-electron chi connectivity index (χ2n) is 3.47. The van der Waals surface area contributed by atoms with Crippen LogP contribution in [0.3, 0.4) is 0 Å². The first-order valence-electron chi connectivity index (χ1n) is 4.75. The minimum absolute atomic E-state index is 0.388. The van der Waals surface area contributed by atoms with Gasteiger partial charge in [-0.05, 0) is 24.9 Å². The predicted molar refractivity (Wildman–Crippen MR) is 64.3 cm³/mol. The molecule has 1 aromatic heterocycles. The fourth-order valence-electron chi connectivity index (χ4n) is 1.54. The zero-order valence-corrected chi connectivity index (χ0v) is 9.91. The average molecular weight is 237 g/mol. The number of nitrogens with one attached hydrogen (secondary N) is 1. The SMILES string of the molecule is COC(=O)c1cc2cc(P(C)O)ccc2[nH]1. The Morgan fingerprint density at radius 1 is 1.44 bits per heavy atom. The van der Waals surface area contributed by atoms with Crippen molar-refractivity contribution in [2.24, 2.45) is 0 Å². The third-order valence-electron chi connectivity index (χ3n) is 2.38. The Labute approximate surface area is 94.1 Å². The van der Waals surface area contributed by atoms with Crippen LogP contribution in [0.4, 0.5) is 0 Å². The number of rotatable bonds is 2. The normalized spacial score (nSPS) is 12.7. The van der Waals surface area contributed by atoms with E-state index in [9.17, 15) is 9.69 Å². The highest BCUT2D eigenvalue weighted by atomic mass is 31.1. The number of hydrogen-bond acceptors (Lipinski definition) is 3. The van der Waals surface area contributed by atoms with Crippen molar-refractivity contribution in [3.63, 3.8) is 0 Å². The average Bonchev–Trinajstić information content (AvgIpc) is 2.70. The van der Waals surface area contributed by atoms with Crippen LogP contribution in [0.15, 0.2) is 24.3 Å². The molecule has 0 radical (unpaired) electrons. The van der Waals surface area contributed by atoms with Crippen molar-refractivity contribution >= 4 is 30.3 Å². The summed E-state index contributed by atoms with van der Waals surface area (Å²) >= 11 is 0. The summed E-state index contributed by atoms with van der Waals surface area (Å²) in [4.78, 5) is 23.8. The molecular weight excluding hydrogens is 225 g/mol. The molecule has 1 heterocycles. The van der Waals surface area contributed by atoms with Crippen LogP contribution < -0.4 is 5.30 Å². The van der Waals surface area contributed by atoms with Crippen molar-refractivity contribution in [1.82, 2.24) is 4.98 Å². The summed E-state index contributed by atoms with van der Waals surface area (Å²) in [5.41, 5.74) is 1.29. The van der Waals surface area contributed by atoms with Crippen LogP contribution >= 0.6 is 8.15 Å². The molecule has 1 aromatic carbocycles. The molecule has 4 nitrogen and oxygen atoms in total. The lowest BCUT2D eigenvalue weighted by molar-refractivity contribution is 0.0595. The lowest BCUT2D eigenvalue weighted by Crippen LogP contribution is -2.00. The Kier molecular flexibility index (Phi) is 2.95. The van der Waals surface area contributed by atoms with Gasteiger partial charge in [-0.25, -0.2) is 4.79 Å². The van der Waals surface area contributed by atoms with E-state index in [1.807, 2.05) is 18.2 Å². The topological polar surface area (TPSA) is 62.3 Å². The van der Waals surface area contributed by atoms with Gasteiger partial charge in [-0.1, -0.05) is 6.07 Å². The Bertz CT molecular complexity index is 533. The number of esters is 1. The van der Waals surface area contributed by atoms with E-state index in [0.717, 1.165) is 16.2 Å². The van der Waals surface area contributed by atoms with E-state index in [0.29, 0.717) is 5.69 Å². The van der Waals surface area contributed by atoms with E-state index in [1.165, 1.54) is 7.11 Å². The minimum atomic E-state index is -1.11. The maximum Gasteiger partial charge on any atom is 0.354 e. The van der Waals surface area contributed by atoms with Gasteiger partial charge in [-0.3, -0.25) is 0 Å². The Balaban J connectivity index is 2.50. The van der Waals surface area contributed by atoms with E-state index in [1.54, 1.807) is 12.7 Å². The van der Waals surface area contributed by atoms with Gasteiger partial charge in [0.1, 0.15) is 5.69 Å². The van der Waals surface area contributed by atoms with Crippen molar-refractivity contribution < 1.29 is 14.4 Å². The lowest BCUT2D eigenvalue weighted by Gasteiger charge is -2.02. The molecule has 0 bridgehead atoms. The highest BCUT2D eigenvalue weighted by Crippen LogP contribution is 2.25. The van der Waals surface area contributed by atoms with Gasteiger partial charge in [0.15, 0.2) is 0 Å². The first-order chi connectivity index (χ1) is 7.61. The number of aromatic nitrogens is 1. The Morgan fingerprint density at radius 3 is 2.81 bits per heavy atom. The predicted octanol–water partition coefficient (Wildman–Crippen LogP) is 1.60. The number of carbonyl (C=O) groups is 1. The molecule has 0 spiro atoms. The van der Waals surface area contributed by atoms with Crippen molar-refractivity contribution in [3.05, 3.63) is 30.0 Å². The number of aromatic amines is 1. The third kappa shape index (κ3) is 1.94. The molecule has 0 fully saturated rings. The number of fused-ring (bicyclic) bond motifs is 1. The Morgan fingerprint density at radius 2 is 2.19 bits per heavy atom. The van der Waals surface area contributed by atoms with Crippen LogP contribution in [0.25, 0.3) is 10.9 Å². The summed E-state index contributed by atoms with van der Waals surface area (Å²) in [5, 5.41) is 1.79. The van der Waals surface area contributed by atoms with E-state index in [2.05, 4.69) is 9.72 Å². The zero-order valence-electron chi connectivity index (χ0n) is 9.02. The molecule has 0 amide bonds. The number of benzene rings is 1. The van der Waals surface area contributed by atoms with Crippen LogP contribution in [-0.4, -0.2) is 29.6 Å². The molecule has 0 aliphatic rings. The van der Waals surface area contributed by atoms with Crippen LogP contribution in [-0.2, 0) is 4.74 Å². The standard InChI is InChI=1S/C11H12NO3P/c1-15-11(13)10-6-7-5-8(16(2)14)3-4-9(7)12-10/h3-6,12,14H,1-2H3. The molecule has 0 aliphatic carbocycles. The maximum absolute atomic E-state index is 11.3. The second-order valence-corrected chi connectivity index (χ2v) is 5.03. The number of ether oxygens (including phenoxy) is 1. The quantitative estimate of drug-likeness (QED) is 0.616. The smallest absolute Gasteiger partial charge is 0.354 e. The van der Waals surface area contributed by atoms with Crippen LogP contribution in [0, 0.1) is 0 Å². The number of methoxy groups -OCH3 is 1. The van der Waals surface area contributed by atoms with Gasteiger partial charge in [0.25, 0.3) is 0 Å². The van der Waals surface area contributed by atoms with Crippen LogP contribution in [0.5, 0.6) is 0 Å².